The van der Waals surface area contributed by atoms with Crippen LogP contribution < -0.4 is 0 Å². The first-order valence-corrected chi connectivity index (χ1v) is 8.53. The molecule has 2 heterocycles. The Hall–Kier alpha value is -2.49. The number of esters is 1. The average Bonchev–Trinajstić information content (AvgIpc) is 3.00. The Morgan fingerprint density at radius 3 is 2.96 bits per heavy atom. The van der Waals surface area contributed by atoms with Crippen LogP contribution in [0.1, 0.15) is 31.0 Å². The Morgan fingerprint density at radius 2 is 2.17 bits per heavy atom. The molecule has 0 unspecified atom stereocenters. The fourth-order valence-electron chi connectivity index (χ4n) is 3.23. The van der Waals surface area contributed by atoms with E-state index in [4.69, 9.17) is 4.74 Å². The van der Waals surface area contributed by atoms with E-state index in [2.05, 4.69) is 41.2 Å². The molecule has 0 radical (unpaired) electrons. The molecule has 0 saturated heterocycles. The van der Waals surface area contributed by atoms with Gasteiger partial charge in [0.05, 0.1) is 18.4 Å². The van der Waals surface area contributed by atoms with Crippen LogP contribution in [-0.2, 0) is 16.0 Å². The predicted octanol–water partition coefficient (Wildman–Crippen LogP) is 3.90. The van der Waals surface area contributed by atoms with Crippen molar-refractivity contribution in [3.63, 3.8) is 0 Å². The molecule has 0 amide bonds. The van der Waals surface area contributed by atoms with Crippen LogP contribution in [0.15, 0.2) is 42.6 Å². The summed E-state index contributed by atoms with van der Waals surface area (Å²) in [6.07, 6.45) is 9.08. The Kier molecular flexibility index (Phi) is 5.04. The van der Waals surface area contributed by atoms with Gasteiger partial charge in [-0.05, 0) is 37.1 Å². The van der Waals surface area contributed by atoms with Crippen LogP contribution in [0, 0.1) is 0 Å². The summed E-state index contributed by atoms with van der Waals surface area (Å²) in [5.74, 6) is -0.277. The third kappa shape index (κ3) is 3.23. The fraction of sp³-hybridized carbons (Fsp3) is 0.350. The number of aromatic amines is 1. The number of para-hydroxylation sites is 1. The lowest BCUT2D eigenvalue weighted by molar-refractivity contribution is -0.133. The lowest BCUT2D eigenvalue weighted by atomic mass is 10.0. The zero-order valence-corrected chi connectivity index (χ0v) is 14.3. The number of benzene rings is 1. The van der Waals surface area contributed by atoms with Crippen LogP contribution in [-0.4, -0.2) is 36.1 Å². The third-order valence-electron chi connectivity index (χ3n) is 4.45. The van der Waals surface area contributed by atoms with Crippen molar-refractivity contribution in [1.29, 1.82) is 0 Å². The average molecular weight is 324 g/mol. The first-order valence-electron chi connectivity index (χ1n) is 8.53. The number of H-pyrrole nitrogens is 1. The summed E-state index contributed by atoms with van der Waals surface area (Å²) in [7, 11) is 1.44. The van der Waals surface area contributed by atoms with Gasteiger partial charge in [-0.2, -0.15) is 0 Å². The number of hydrogen-bond donors (Lipinski definition) is 1. The van der Waals surface area contributed by atoms with Gasteiger partial charge in [0.15, 0.2) is 0 Å². The Bertz CT molecular complexity index is 786. The quantitative estimate of drug-likeness (QED) is 0.871. The van der Waals surface area contributed by atoms with Crippen LogP contribution in [0.3, 0.4) is 0 Å². The maximum absolute atomic E-state index is 12.3. The molecule has 1 aliphatic heterocycles. The molecule has 0 saturated carbocycles. The maximum atomic E-state index is 12.3. The fourth-order valence-corrected chi connectivity index (χ4v) is 3.23. The van der Waals surface area contributed by atoms with Crippen molar-refractivity contribution in [2.24, 2.45) is 0 Å². The number of rotatable bonds is 3. The van der Waals surface area contributed by atoms with E-state index in [9.17, 15) is 4.79 Å². The zero-order valence-electron chi connectivity index (χ0n) is 14.3. The van der Waals surface area contributed by atoms with E-state index in [1.165, 1.54) is 18.1 Å². The van der Waals surface area contributed by atoms with Crippen molar-refractivity contribution < 1.29 is 9.53 Å². The number of ether oxygens (including phenoxy) is 1. The van der Waals surface area contributed by atoms with Crippen molar-refractivity contribution >= 4 is 22.4 Å². The molecule has 0 fully saturated rings. The highest BCUT2D eigenvalue weighted by Gasteiger charge is 2.21. The molecule has 1 N–H and O–H groups in total. The molecule has 0 spiro atoms. The molecule has 126 valence electrons. The summed E-state index contributed by atoms with van der Waals surface area (Å²) in [5, 5.41) is 1.18. The highest BCUT2D eigenvalue weighted by Crippen LogP contribution is 2.30. The predicted molar refractivity (Wildman–Crippen MR) is 97.6 cm³/mol. The summed E-state index contributed by atoms with van der Waals surface area (Å²) < 4.78 is 5.02. The first kappa shape index (κ1) is 16.4. The molecular weight excluding hydrogens is 300 g/mol. The smallest absolute Gasteiger partial charge is 0.339 e. The summed E-state index contributed by atoms with van der Waals surface area (Å²) in [4.78, 5) is 18.1. The Morgan fingerprint density at radius 1 is 1.33 bits per heavy atom. The molecule has 3 rings (SSSR count). The lowest BCUT2D eigenvalue weighted by Crippen LogP contribution is -2.20. The summed E-state index contributed by atoms with van der Waals surface area (Å²) in [5.41, 5.74) is 3.81. The molecule has 4 heteroatoms. The number of carbonyl (C=O) groups excluding carboxylic acids is 1. The van der Waals surface area contributed by atoms with Gasteiger partial charge in [-0.1, -0.05) is 37.3 Å². The first-order chi connectivity index (χ1) is 11.7. The number of nitrogens with zero attached hydrogens (tertiary/aromatic N) is 1. The van der Waals surface area contributed by atoms with Crippen molar-refractivity contribution in [2.45, 2.75) is 26.2 Å². The van der Waals surface area contributed by atoms with Gasteiger partial charge in [-0.25, -0.2) is 4.79 Å². The third-order valence-corrected chi connectivity index (χ3v) is 4.45. The van der Waals surface area contributed by atoms with Gasteiger partial charge in [0.2, 0.25) is 0 Å². The molecule has 1 aromatic heterocycles. The number of carbonyl (C=O) groups is 1. The normalized spacial score (nSPS) is 17.8. The molecule has 2 aromatic rings. The molecule has 1 aliphatic rings. The van der Waals surface area contributed by atoms with Crippen molar-refractivity contribution in [2.75, 3.05) is 20.2 Å². The van der Waals surface area contributed by atoms with Crippen LogP contribution in [0.2, 0.25) is 0 Å². The summed E-state index contributed by atoms with van der Waals surface area (Å²) >= 11 is 0. The van der Waals surface area contributed by atoms with Crippen molar-refractivity contribution in [1.82, 2.24) is 9.88 Å². The van der Waals surface area contributed by atoms with Crippen LogP contribution >= 0.6 is 0 Å². The Labute approximate surface area is 142 Å². The highest BCUT2D eigenvalue weighted by molar-refractivity contribution is 6.17. The van der Waals surface area contributed by atoms with Gasteiger partial charge < -0.3 is 14.6 Å². The number of hydrogen-bond acceptors (Lipinski definition) is 3. The second-order valence-electron chi connectivity index (χ2n) is 6.00. The van der Waals surface area contributed by atoms with Gasteiger partial charge in [-0.3, -0.25) is 0 Å². The Balaban J connectivity index is 2.07. The molecule has 0 atom stereocenters. The van der Waals surface area contributed by atoms with Crippen LogP contribution in [0.5, 0.6) is 0 Å². The van der Waals surface area contributed by atoms with Crippen LogP contribution in [0.4, 0.5) is 0 Å². The van der Waals surface area contributed by atoms with Gasteiger partial charge in [-0.15, -0.1) is 0 Å². The summed E-state index contributed by atoms with van der Waals surface area (Å²) in [6.45, 7) is 3.98. The number of aromatic nitrogens is 1. The van der Waals surface area contributed by atoms with Crippen molar-refractivity contribution in [3.8, 4) is 0 Å². The number of methoxy groups -OCH3 is 1. The van der Waals surface area contributed by atoms with Gasteiger partial charge in [0.1, 0.15) is 0 Å². The van der Waals surface area contributed by atoms with Gasteiger partial charge >= 0.3 is 5.97 Å². The number of fused-ring (bicyclic) bond motifs is 3. The minimum atomic E-state index is -0.277. The topological polar surface area (TPSA) is 45.3 Å². The molecule has 1 aromatic carbocycles. The second-order valence-corrected chi connectivity index (χ2v) is 6.00. The largest absolute Gasteiger partial charge is 0.465 e. The maximum Gasteiger partial charge on any atom is 0.339 e. The van der Waals surface area contributed by atoms with Crippen molar-refractivity contribution in [3.05, 3.63) is 53.9 Å². The highest BCUT2D eigenvalue weighted by atomic mass is 16.5. The lowest BCUT2D eigenvalue weighted by Gasteiger charge is -2.19. The van der Waals surface area contributed by atoms with E-state index in [1.807, 2.05) is 18.2 Å². The monoisotopic (exact) mass is 324 g/mol. The van der Waals surface area contributed by atoms with Crippen LogP contribution in [0.25, 0.3) is 16.5 Å². The molecule has 24 heavy (non-hydrogen) atoms. The molecule has 0 bridgehead atoms. The molecular formula is C20H24N2O2. The molecule has 0 aliphatic carbocycles. The number of nitrogens with one attached hydrogen (secondary N) is 1. The van der Waals surface area contributed by atoms with E-state index in [1.54, 1.807) is 0 Å². The zero-order chi connectivity index (χ0) is 16.9. The van der Waals surface area contributed by atoms with Gasteiger partial charge in [0.25, 0.3) is 0 Å². The van der Waals surface area contributed by atoms with E-state index < -0.39 is 0 Å². The standard InChI is InChI=1S/C20H24N2O2/c1-3-4-12-22-13-7-9-17(20(23)24-2)19-16(11-14-22)15-8-5-6-10-18(15)21-19/h4-6,8-10,12,21H,3,7,11,13-14H2,1-2H3/b12-4+,17-9+. The van der Waals surface area contributed by atoms with E-state index in [0.29, 0.717) is 5.57 Å². The van der Waals surface area contributed by atoms with E-state index >= 15 is 0 Å². The van der Waals surface area contributed by atoms with Gasteiger partial charge in [0, 0.05) is 24.0 Å². The summed E-state index contributed by atoms with van der Waals surface area (Å²) in [6, 6.07) is 8.22. The SMILES string of the molecule is CC/C=C/N1CC/C=C(/C(=O)OC)c2[nH]c3ccccc3c2CC1. The van der Waals surface area contributed by atoms with E-state index in [0.717, 1.165) is 43.6 Å². The van der Waals surface area contributed by atoms with E-state index in [-0.39, 0.29) is 5.97 Å². The molecule has 4 nitrogen and oxygen atoms in total. The minimum Gasteiger partial charge on any atom is -0.465 e. The second kappa shape index (κ2) is 7.39. The minimum absolute atomic E-state index is 0.277. The number of allylic oxidation sites excluding steroid dienone is 1.